The van der Waals surface area contributed by atoms with Crippen LogP contribution < -0.4 is 0 Å². The molecular formula is C8H9BrN4. The number of imidazole rings is 1. The van der Waals surface area contributed by atoms with E-state index < -0.39 is 0 Å². The van der Waals surface area contributed by atoms with Crippen molar-refractivity contribution in [3.63, 3.8) is 0 Å². The van der Waals surface area contributed by atoms with Crippen LogP contribution in [0.15, 0.2) is 10.9 Å². The molecule has 2 aromatic rings. The highest BCUT2D eigenvalue weighted by Crippen LogP contribution is 2.20. The van der Waals surface area contributed by atoms with Gasteiger partial charge < -0.3 is 4.98 Å². The summed E-state index contributed by atoms with van der Waals surface area (Å²) in [6.45, 7) is 4.16. The predicted molar refractivity (Wildman–Crippen MR) is 53.5 cm³/mol. The standard InChI is InChI=1S/C8H9BrN4/c1-4(2)7-12-5-6(9)10-3-11-8(5)13-7/h3-4H,1-2H3,(H,10,11,12,13). The quantitative estimate of drug-likeness (QED) is 0.779. The molecule has 5 heteroatoms. The molecule has 0 unspecified atom stereocenters. The minimum atomic E-state index is 0.376. The molecule has 2 rings (SSSR count). The molecule has 0 aliphatic heterocycles. The Bertz CT molecular complexity index is 435. The average molecular weight is 241 g/mol. The lowest BCUT2D eigenvalue weighted by molar-refractivity contribution is 0.798. The number of fused-ring (bicyclic) bond motifs is 1. The van der Waals surface area contributed by atoms with E-state index in [2.05, 4.69) is 49.7 Å². The van der Waals surface area contributed by atoms with Gasteiger partial charge in [-0.05, 0) is 15.9 Å². The van der Waals surface area contributed by atoms with Crippen molar-refractivity contribution in [3.05, 3.63) is 16.8 Å². The maximum Gasteiger partial charge on any atom is 0.182 e. The van der Waals surface area contributed by atoms with E-state index in [9.17, 15) is 0 Å². The van der Waals surface area contributed by atoms with E-state index in [-0.39, 0.29) is 0 Å². The SMILES string of the molecule is CC(C)c1nc2ncnc(Br)c2[nH]1. The number of halogens is 1. The highest BCUT2D eigenvalue weighted by Gasteiger charge is 2.09. The molecule has 0 fully saturated rings. The van der Waals surface area contributed by atoms with Gasteiger partial charge in [0.1, 0.15) is 22.3 Å². The van der Waals surface area contributed by atoms with Crippen molar-refractivity contribution < 1.29 is 0 Å². The summed E-state index contributed by atoms with van der Waals surface area (Å²) >= 11 is 3.34. The van der Waals surface area contributed by atoms with Gasteiger partial charge in [-0.2, -0.15) is 0 Å². The number of H-pyrrole nitrogens is 1. The van der Waals surface area contributed by atoms with Crippen LogP contribution in [0.3, 0.4) is 0 Å². The van der Waals surface area contributed by atoms with Crippen molar-refractivity contribution in [1.29, 1.82) is 0 Å². The number of aromatic amines is 1. The molecule has 0 atom stereocenters. The summed E-state index contributed by atoms with van der Waals surface area (Å²) in [5.74, 6) is 1.32. The van der Waals surface area contributed by atoms with Gasteiger partial charge in [0.05, 0.1) is 0 Å². The van der Waals surface area contributed by atoms with Gasteiger partial charge in [-0.15, -0.1) is 0 Å². The largest absolute Gasteiger partial charge is 0.338 e. The van der Waals surface area contributed by atoms with E-state index in [1.807, 2.05) is 0 Å². The Labute approximate surface area is 83.9 Å². The Morgan fingerprint density at radius 3 is 2.77 bits per heavy atom. The maximum absolute atomic E-state index is 4.34. The van der Waals surface area contributed by atoms with Gasteiger partial charge in [-0.1, -0.05) is 13.8 Å². The molecule has 0 aliphatic rings. The molecule has 2 heterocycles. The monoisotopic (exact) mass is 240 g/mol. The van der Waals surface area contributed by atoms with Gasteiger partial charge in [0.25, 0.3) is 0 Å². The van der Waals surface area contributed by atoms with Gasteiger partial charge in [-0.3, -0.25) is 0 Å². The molecule has 0 spiro atoms. The second-order valence-electron chi connectivity index (χ2n) is 3.14. The summed E-state index contributed by atoms with van der Waals surface area (Å²) in [5.41, 5.74) is 1.58. The van der Waals surface area contributed by atoms with Crippen LogP contribution in [-0.2, 0) is 0 Å². The first kappa shape index (κ1) is 8.62. The number of nitrogens with zero attached hydrogens (tertiary/aromatic N) is 3. The van der Waals surface area contributed by atoms with Crippen molar-refractivity contribution in [1.82, 2.24) is 19.9 Å². The third-order valence-corrected chi connectivity index (χ3v) is 2.41. The fourth-order valence-corrected chi connectivity index (χ4v) is 1.46. The normalized spacial score (nSPS) is 11.4. The van der Waals surface area contributed by atoms with Crippen LogP contribution in [0.25, 0.3) is 11.2 Å². The first-order valence-electron chi connectivity index (χ1n) is 4.04. The Balaban J connectivity index is 2.68. The molecule has 0 aliphatic carbocycles. The van der Waals surface area contributed by atoms with Crippen LogP contribution in [0.4, 0.5) is 0 Å². The van der Waals surface area contributed by atoms with Gasteiger partial charge in [-0.25, -0.2) is 15.0 Å². The highest BCUT2D eigenvalue weighted by atomic mass is 79.9. The number of rotatable bonds is 1. The molecule has 0 aromatic carbocycles. The summed E-state index contributed by atoms with van der Waals surface area (Å²) in [6.07, 6.45) is 1.50. The average Bonchev–Trinajstić information content (AvgIpc) is 2.49. The molecule has 13 heavy (non-hydrogen) atoms. The number of aromatic nitrogens is 4. The lowest BCUT2D eigenvalue weighted by Gasteiger charge is -1.95. The van der Waals surface area contributed by atoms with E-state index >= 15 is 0 Å². The van der Waals surface area contributed by atoms with Gasteiger partial charge >= 0.3 is 0 Å². The zero-order chi connectivity index (χ0) is 9.42. The summed E-state index contributed by atoms with van der Waals surface area (Å²) in [7, 11) is 0. The first-order valence-corrected chi connectivity index (χ1v) is 4.84. The van der Waals surface area contributed by atoms with Gasteiger partial charge in [0.15, 0.2) is 5.65 Å². The molecule has 2 aromatic heterocycles. The van der Waals surface area contributed by atoms with Crippen molar-refractivity contribution in [2.45, 2.75) is 19.8 Å². The first-order chi connectivity index (χ1) is 6.18. The van der Waals surface area contributed by atoms with Gasteiger partial charge in [0, 0.05) is 5.92 Å². The van der Waals surface area contributed by atoms with Crippen molar-refractivity contribution >= 4 is 27.1 Å². The van der Waals surface area contributed by atoms with E-state index in [4.69, 9.17) is 0 Å². The molecule has 1 N–H and O–H groups in total. The molecule has 0 radical (unpaired) electrons. The molecule has 68 valence electrons. The van der Waals surface area contributed by atoms with Gasteiger partial charge in [0.2, 0.25) is 0 Å². The molecule has 4 nitrogen and oxygen atoms in total. The second kappa shape index (κ2) is 3.06. The van der Waals surface area contributed by atoms with Crippen LogP contribution in [0.1, 0.15) is 25.6 Å². The Morgan fingerprint density at radius 1 is 1.38 bits per heavy atom. The van der Waals surface area contributed by atoms with E-state index in [0.717, 1.165) is 15.9 Å². The minimum Gasteiger partial charge on any atom is -0.338 e. The topological polar surface area (TPSA) is 54.5 Å². The van der Waals surface area contributed by atoms with Crippen molar-refractivity contribution in [2.24, 2.45) is 0 Å². The summed E-state index contributed by atoms with van der Waals surface area (Å²) in [4.78, 5) is 15.6. The summed E-state index contributed by atoms with van der Waals surface area (Å²) in [6, 6.07) is 0. The van der Waals surface area contributed by atoms with E-state index in [0.29, 0.717) is 11.6 Å². The molecule has 0 saturated heterocycles. The van der Waals surface area contributed by atoms with Crippen molar-refractivity contribution in [2.75, 3.05) is 0 Å². The number of hydrogen-bond acceptors (Lipinski definition) is 3. The predicted octanol–water partition coefficient (Wildman–Crippen LogP) is 2.24. The van der Waals surface area contributed by atoms with Crippen LogP contribution in [0.5, 0.6) is 0 Å². The van der Waals surface area contributed by atoms with Crippen LogP contribution in [-0.4, -0.2) is 19.9 Å². The van der Waals surface area contributed by atoms with E-state index in [1.165, 1.54) is 6.33 Å². The van der Waals surface area contributed by atoms with E-state index in [1.54, 1.807) is 0 Å². The van der Waals surface area contributed by atoms with Crippen LogP contribution in [0.2, 0.25) is 0 Å². The molecular weight excluding hydrogens is 232 g/mol. The smallest absolute Gasteiger partial charge is 0.182 e. The lowest BCUT2D eigenvalue weighted by Crippen LogP contribution is -1.88. The highest BCUT2D eigenvalue weighted by molar-refractivity contribution is 9.10. The zero-order valence-electron chi connectivity index (χ0n) is 7.37. The summed E-state index contributed by atoms with van der Waals surface area (Å²) < 4.78 is 0.761. The second-order valence-corrected chi connectivity index (χ2v) is 3.89. The van der Waals surface area contributed by atoms with Crippen LogP contribution in [0, 0.1) is 0 Å². The third kappa shape index (κ3) is 1.44. The lowest BCUT2D eigenvalue weighted by atomic mass is 10.2. The number of nitrogens with one attached hydrogen (secondary N) is 1. The Hall–Kier alpha value is -0.970. The summed E-state index contributed by atoms with van der Waals surface area (Å²) in [5, 5.41) is 0. The fourth-order valence-electron chi connectivity index (χ4n) is 1.09. The fraction of sp³-hybridized carbons (Fsp3) is 0.375. The van der Waals surface area contributed by atoms with Crippen molar-refractivity contribution in [3.8, 4) is 0 Å². The zero-order valence-corrected chi connectivity index (χ0v) is 8.96. The molecule has 0 amide bonds. The molecule has 0 saturated carbocycles. The maximum atomic E-state index is 4.34. The minimum absolute atomic E-state index is 0.376. The Kier molecular flexibility index (Phi) is 2.03. The Morgan fingerprint density at radius 2 is 2.15 bits per heavy atom. The third-order valence-electron chi connectivity index (χ3n) is 1.81. The number of hydrogen-bond donors (Lipinski definition) is 1. The van der Waals surface area contributed by atoms with Crippen LogP contribution >= 0.6 is 15.9 Å². The molecule has 0 bridgehead atoms.